The Bertz CT molecular complexity index is 456. The second-order valence-corrected chi connectivity index (χ2v) is 3.98. The standard InChI is InChI=1S/C14H17NO5/c1-3-11(16)12(13(17)19-2)15-14(18)20-9-10-7-5-4-6-8-10/h4-8,12H,3,9H2,1-2H3,(H,15,18)/t12-/m0/s1. The van der Waals surface area contributed by atoms with Crippen molar-refractivity contribution in [2.24, 2.45) is 0 Å². The largest absolute Gasteiger partial charge is 0.467 e. The number of ketones is 1. The van der Waals surface area contributed by atoms with Crippen molar-refractivity contribution in [1.82, 2.24) is 5.32 Å². The first-order valence-electron chi connectivity index (χ1n) is 6.16. The maximum Gasteiger partial charge on any atom is 0.408 e. The van der Waals surface area contributed by atoms with Gasteiger partial charge in [-0.25, -0.2) is 9.59 Å². The van der Waals surface area contributed by atoms with Crippen molar-refractivity contribution >= 4 is 17.8 Å². The number of rotatable bonds is 6. The molecule has 0 radical (unpaired) electrons. The molecule has 1 atom stereocenters. The minimum absolute atomic E-state index is 0.0564. The number of amides is 1. The molecule has 0 saturated heterocycles. The molecule has 0 heterocycles. The number of nitrogens with one attached hydrogen (secondary N) is 1. The van der Waals surface area contributed by atoms with Gasteiger partial charge in [-0.05, 0) is 5.56 Å². The van der Waals surface area contributed by atoms with E-state index in [0.29, 0.717) is 0 Å². The van der Waals surface area contributed by atoms with E-state index in [2.05, 4.69) is 10.1 Å². The van der Waals surface area contributed by atoms with Crippen molar-refractivity contribution in [3.63, 3.8) is 0 Å². The van der Waals surface area contributed by atoms with Gasteiger partial charge in [0, 0.05) is 6.42 Å². The van der Waals surface area contributed by atoms with Crippen LogP contribution in [0.4, 0.5) is 4.79 Å². The minimum Gasteiger partial charge on any atom is -0.467 e. The second kappa shape index (κ2) is 7.93. The van der Waals surface area contributed by atoms with Crippen LogP contribution in [0.5, 0.6) is 0 Å². The Morgan fingerprint density at radius 3 is 2.40 bits per heavy atom. The van der Waals surface area contributed by atoms with Crippen molar-refractivity contribution in [2.75, 3.05) is 7.11 Å². The Hall–Kier alpha value is -2.37. The van der Waals surface area contributed by atoms with Crippen LogP contribution < -0.4 is 5.32 Å². The van der Waals surface area contributed by atoms with Gasteiger partial charge in [0.1, 0.15) is 6.61 Å². The predicted molar refractivity (Wildman–Crippen MR) is 70.9 cm³/mol. The molecule has 0 aliphatic heterocycles. The molecule has 0 aliphatic carbocycles. The number of ether oxygens (including phenoxy) is 2. The lowest BCUT2D eigenvalue weighted by Gasteiger charge is -2.14. The molecular weight excluding hydrogens is 262 g/mol. The molecule has 0 unspecified atom stereocenters. The molecule has 0 bridgehead atoms. The van der Waals surface area contributed by atoms with Gasteiger partial charge in [-0.1, -0.05) is 37.3 Å². The Balaban J connectivity index is 2.54. The molecule has 108 valence electrons. The van der Waals surface area contributed by atoms with E-state index in [0.717, 1.165) is 12.7 Å². The highest BCUT2D eigenvalue weighted by Gasteiger charge is 2.28. The van der Waals surface area contributed by atoms with Gasteiger partial charge >= 0.3 is 12.1 Å². The van der Waals surface area contributed by atoms with Crippen molar-refractivity contribution < 1.29 is 23.9 Å². The number of Topliss-reactive ketones (excluding diaryl/α,β-unsaturated/α-hetero) is 1. The predicted octanol–water partition coefficient (Wildman–Crippen LogP) is 1.43. The molecule has 0 aromatic heterocycles. The van der Waals surface area contributed by atoms with E-state index >= 15 is 0 Å². The molecule has 20 heavy (non-hydrogen) atoms. The summed E-state index contributed by atoms with van der Waals surface area (Å²) >= 11 is 0. The molecule has 1 N–H and O–H groups in total. The van der Waals surface area contributed by atoms with E-state index in [4.69, 9.17) is 4.74 Å². The number of hydrogen-bond donors (Lipinski definition) is 1. The van der Waals surface area contributed by atoms with E-state index < -0.39 is 23.9 Å². The third kappa shape index (κ3) is 4.72. The van der Waals surface area contributed by atoms with Crippen LogP contribution in [0.15, 0.2) is 30.3 Å². The Morgan fingerprint density at radius 1 is 1.20 bits per heavy atom. The van der Waals surface area contributed by atoms with Crippen LogP contribution >= 0.6 is 0 Å². The summed E-state index contributed by atoms with van der Waals surface area (Å²) in [4.78, 5) is 34.5. The lowest BCUT2D eigenvalue weighted by Crippen LogP contribution is -2.47. The zero-order valence-corrected chi connectivity index (χ0v) is 11.4. The van der Waals surface area contributed by atoms with E-state index in [9.17, 15) is 14.4 Å². The molecule has 1 aromatic rings. The fourth-order valence-corrected chi connectivity index (χ4v) is 1.48. The maximum absolute atomic E-state index is 11.6. The molecule has 1 rings (SSSR count). The first-order chi connectivity index (χ1) is 9.58. The highest BCUT2D eigenvalue weighted by molar-refractivity contribution is 6.05. The van der Waals surface area contributed by atoms with E-state index in [1.165, 1.54) is 0 Å². The zero-order chi connectivity index (χ0) is 15.0. The summed E-state index contributed by atoms with van der Waals surface area (Å²) in [5.41, 5.74) is 0.805. The lowest BCUT2D eigenvalue weighted by molar-refractivity contribution is -0.146. The molecule has 6 heteroatoms. The third-order valence-electron chi connectivity index (χ3n) is 2.58. The van der Waals surface area contributed by atoms with Crippen LogP contribution in [0.25, 0.3) is 0 Å². The number of esters is 1. The average molecular weight is 279 g/mol. The quantitative estimate of drug-likeness (QED) is 0.629. The second-order valence-electron chi connectivity index (χ2n) is 3.98. The monoisotopic (exact) mass is 279 g/mol. The summed E-state index contributed by atoms with van der Waals surface area (Å²) in [5.74, 6) is -1.25. The van der Waals surface area contributed by atoms with Gasteiger partial charge in [0.25, 0.3) is 0 Å². The Morgan fingerprint density at radius 2 is 1.85 bits per heavy atom. The molecule has 0 fully saturated rings. The minimum atomic E-state index is -1.33. The molecule has 0 aliphatic rings. The average Bonchev–Trinajstić information content (AvgIpc) is 2.50. The normalized spacial score (nSPS) is 11.3. The number of alkyl carbamates (subject to hydrolysis) is 1. The van der Waals surface area contributed by atoms with Gasteiger partial charge < -0.3 is 14.8 Å². The smallest absolute Gasteiger partial charge is 0.408 e. The van der Waals surface area contributed by atoms with Crippen molar-refractivity contribution in [3.8, 4) is 0 Å². The number of hydrogen-bond acceptors (Lipinski definition) is 5. The number of benzene rings is 1. The molecule has 1 aromatic carbocycles. The number of carbonyl (C=O) groups excluding carboxylic acids is 3. The summed E-state index contributed by atoms with van der Waals surface area (Å²) in [6, 6.07) is 7.73. The van der Waals surface area contributed by atoms with E-state index in [-0.39, 0.29) is 13.0 Å². The molecule has 0 saturated carbocycles. The molecule has 6 nitrogen and oxygen atoms in total. The number of carbonyl (C=O) groups is 3. The Kier molecular flexibility index (Phi) is 6.22. The third-order valence-corrected chi connectivity index (χ3v) is 2.58. The SMILES string of the molecule is CCC(=O)[C@H](NC(=O)OCc1ccccc1)C(=O)OC. The topological polar surface area (TPSA) is 81.7 Å². The first-order valence-corrected chi connectivity index (χ1v) is 6.16. The van der Waals surface area contributed by atoms with Gasteiger partial charge in [0.05, 0.1) is 7.11 Å². The van der Waals surface area contributed by atoms with Gasteiger partial charge in [0.15, 0.2) is 11.8 Å². The summed E-state index contributed by atoms with van der Waals surface area (Å²) in [6.45, 7) is 1.65. The molecular formula is C14H17NO5. The van der Waals surface area contributed by atoms with E-state index in [1.807, 2.05) is 18.2 Å². The summed E-state index contributed by atoms with van der Waals surface area (Å²) in [6.07, 6.45) is -0.732. The van der Waals surface area contributed by atoms with Crippen molar-refractivity contribution in [2.45, 2.75) is 26.0 Å². The van der Waals surface area contributed by atoms with Crippen LogP contribution in [-0.4, -0.2) is 31.0 Å². The van der Waals surface area contributed by atoms with Crippen LogP contribution in [0.3, 0.4) is 0 Å². The van der Waals surface area contributed by atoms with Gasteiger partial charge in [0.2, 0.25) is 0 Å². The fourth-order valence-electron chi connectivity index (χ4n) is 1.48. The van der Waals surface area contributed by atoms with Crippen molar-refractivity contribution in [3.05, 3.63) is 35.9 Å². The summed E-state index contributed by atoms with van der Waals surface area (Å²) in [5, 5.41) is 2.20. The lowest BCUT2D eigenvalue weighted by atomic mass is 10.1. The highest BCUT2D eigenvalue weighted by atomic mass is 16.6. The Labute approximate surface area is 117 Å². The fraction of sp³-hybridized carbons (Fsp3) is 0.357. The van der Waals surface area contributed by atoms with Gasteiger partial charge in [-0.15, -0.1) is 0 Å². The van der Waals surface area contributed by atoms with E-state index in [1.54, 1.807) is 19.1 Å². The number of methoxy groups -OCH3 is 1. The van der Waals surface area contributed by atoms with Gasteiger partial charge in [-0.3, -0.25) is 4.79 Å². The van der Waals surface area contributed by atoms with Gasteiger partial charge in [-0.2, -0.15) is 0 Å². The summed E-state index contributed by atoms with van der Waals surface area (Å²) < 4.78 is 9.41. The molecule has 1 amide bonds. The van der Waals surface area contributed by atoms with Crippen LogP contribution in [-0.2, 0) is 25.7 Å². The maximum atomic E-state index is 11.6. The van der Waals surface area contributed by atoms with Crippen LogP contribution in [0.1, 0.15) is 18.9 Å². The van der Waals surface area contributed by atoms with Crippen molar-refractivity contribution in [1.29, 1.82) is 0 Å². The van der Waals surface area contributed by atoms with Crippen LogP contribution in [0.2, 0.25) is 0 Å². The first kappa shape index (κ1) is 15.7. The summed E-state index contributed by atoms with van der Waals surface area (Å²) in [7, 11) is 1.15. The highest BCUT2D eigenvalue weighted by Crippen LogP contribution is 2.02. The van der Waals surface area contributed by atoms with Crippen LogP contribution in [0, 0.1) is 0 Å². The molecule has 0 spiro atoms. The zero-order valence-electron chi connectivity index (χ0n) is 11.4.